The highest BCUT2D eigenvalue weighted by Gasteiger charge is 2.07. The third-order valence-corrected chi connectivity index (χ3v) is 1.85. The molecule has 0 unspecified atom stereocenters. The van der Waals surface area contributed by atoms with Gasteiger partial charge in [-0.1, -0.05) is 0 Å². The first kappa shape index (κ1) is 10.5. The topological polar surface area (TPSA) is 78.9 Å². The van der Waals surface area contributed by atoms with E-state index in [9.17, 15) is 4.79 Å². The molecular formula is C8H8ClN3O2. The first-order valence-electron chi connectivity index (χ1n) is 3.72. The van der Waals surface area contributed by atoms with E-state index in [0.29, 0.717) is 5.65 Å². The van der Waals surface area contributed by atoms with Gasteiger partial charge in [-0.05, 0) is 13.0 Å². The average molecular weight is 214 g/mol. The van der Waals surface area contributed by atoms with Crippen LogP contribution in [0.3, 0.4) is 0 Å². The van der Waals surface area contributed by atoms with Crippen LogP contribution in [0.4, 0.5) is 0 Å². The van der Waals surface area contributed by atoms with Crippen molar-refractivity contribution in [2.45, 2.75) is 6.92 Å². The summed E-state index contributed by atoms with van der Waals surface area (Å²) in [5.41, 5.74) is 1.55. The number of carboxylic acid groups (broad SMARTS) is 1. The van der Waals surface area contributed by atoms with Gasteiger partial charge in [0, 0.05) is 17.3 Å². The van der Waals surface area contributed by atoms with Crippen LogP contribution in [0.5, 0.6) is 0 Å². The Morgan fingerprint density at radius 3 is 2.93 bits per heavy atom. The van der Waals surface area contributed by atoms with E-state index in [-0.39, 0.29) is 18.0 Å². The minimum absolute atomic E-state index is 0. The number of hydrogen-bond acceptors (Lipinski definition) is 3. The summed E-state index contributed by atoms with van der Waals surface area (Å²) in [6.07, 6.45) is 1.30. The lowest BCUT2D eigenvalue weighted by atomic mass is 10.2. The zero-order chi connectivity index (χ0) is 9.42. The monoisotopic (exact) mass is 213 g/mol. The van der Waals surface area contributed by atoms with Gasteiger partial charge in [-0.3, -0.25) is 5.10 Å². The molecule has 0 atom stereocenters. The number of pyridine rings is 1. The van der Waals surface area contributed by atoms with Crippen LogP contribution in [0.25, 0.3) is 11.0 Å². The fourth-order valence-electron chi connectivity index (χ4n) is 1.14. The molecule has 0 fully saturated rings. The van der Waals surface area contributed by atoms with Gasteiger partial charge >= 0.3 is 5.97 Å². The van der Waals surface area contributed by atoms with Crippen molar-refractivity contribution < 1.29 is 9.90 Å². The van der Waals surface area contributed by atoms with Gasteiger partial charge in [0.15, 0.2) is 5.65 Å². The van der Waals surface area contributed by atoms with Gasteiger partial charge < -0.3 is 5.11 Å². The average Bonchev–Trinajstić information content (AvgIpc) is 2.47. The molecule has 74 valence electrons. The fraction of sp³-hybridized carbons (Fsp3) is 0.125. The minimum Gasteiger partial charge on any atom is -0.478 e. The molecule has 0 amide bonds. The number of aromatic carboxylic acids is 1. The van der Waals surface area contributed by atoms with Gasteiger partial charge in [-0.15, -0.1) is 12.4 Å². The number of carbonyl (C=O) groups is 1. The second-order valence-corrected chi connectivity index (χ2v) is 2.75. The molecule has 0 radical (unpaired) electrons. The van der Waals surface area contributed by atoms with Crippen LogP contribution in [0.15, 0.2) is 12.3 Å². The molecular weight excluding hydrogens is 206 g/mol. The molecule has 0 saturated heterocycles. The second-order valence-electron chi connectivity index (χ2n) is 2.75. The molecule has 6 heteroatoms. The van der Waals surface area contributed by atoms with Gasteiger partial charge in [0.1, 0.15) is 0 Å². The maximum absolute atomic E-state index is 10.6. The Morgan fingerprint density at radius 2 is 2.29 bits per heavy atom. The standard InChI is InChI=1S/C8H7N3O2.ClH/c1-4-6-2-5(8(12)13)3-9-7(6)11-10-4;/h2-3H,1H3,(H,12,13)(H,9,10,11);1H. The van der Waals surface area contributed by atoms with Crippen LogP contribution in [-0.4, -0.2) is 26.3 Å². The smallest absolute Gasteiger partial charge is 0.337 e. The Bertz CT molecular complexity index is 480. The van der Waals surface area contributed by atoms with E-state index in [4.69, 9.17) is 5.11 Å². The summed E-state index contributed by atoms with van der Waals surface area (Å²) in [5.74, 6) is -0.977. The van der Waals surface area contributed by atoms with Crippen molar-refractivity contribution in [1.82, 2.24) is 15.2 Å². The Morgan fingerprint density at radius 1 is 1.57 bits per heavy atom. The largest absolute Gasteiger partial charge is 0.478 e. The molecule has 2 N–H and O–H groups in total. The Hall–Kier alpha value is -1.62. The van der Waals surface area contributed by atoms with Crippen LogP contribution in [0.1, 0.15) is 16.1 Å². The summed E-state index contributed by atoms with van der Waals surface area (Å²) in [6, 6.07) is 1.56. The molecule has 2 aromatic heterocycles. The highest BCUT2D eigenvalue weighted by molar-refractivity contribution is 5.92. The van der Waals surface area contributed by atoms with Crippen molar-refractivity contribution in [3.63, 3.8) is 0 Å². The molecule has 0 saturated carbocycles. The molecule has 0 aliphatic heterocycles. The number of H-pyrrole nitrogens is 1. The van der Waals surface area contributed by atoms with Crippen LogP contribution in [0.2, 0.25) is 0 Å². The molecule has 2 heterocycles. The van der Waals surface area contributed by atoms with Crippen LogP contribution < -0.4 is 0 Å². The molecule has 0 spiro atoms. The maximum atomic E-state index is 10.6. The third kappa shape index (κ3) is 1.54. The number of aromatic nitrogens is 3. The van der Waals surface area contributed by atoms with Crippen molar-refractivity contribution in [1.29, 1.82) is 0 Å². The summed E-state index contributed by atoms with van der Waals surface area (Å²) >= 11 is 0. The lowest BCUT2D eigenvalue weighted by Crippen LogP contribution is -1.96. The van der Waals surface area contributed by atoms with E-state index in [1.807, 2.05) is 6.92 Å². The van der Waals surface area contributed by atoms with Crippen molar-refractivity contribution in [3.8, 4) is 0 Å². The highest BCUT2D eigenvalue weighted by atomic mass is 35.5. The van der Waals surface area contributed by atoms with Crippen LogP contribution in [-0.2, 0) is 0 Å². The summed E-state index contributed by atoms with van der Waals surface area (Å²) in [4.78, 5) is 14.5. The Labute approximate surface area is 85.6 Å². The summed E-state index contributed by atoms with van der Waals surface area (Å²) in [6.45, 7) is 1.82. The van der Waals surface area contributed by atoms with E-state index in [1.165, 1.54) is 6.20 Å². The van der Waals surface area contributed by atoms with Crippen molar-refractivity contribution in [3.05, 3.63) is 23.5 Å². The molecule has 14 heavy (non-hydrogen) atoms. The lowest BCUT2D eigenvalue weighted by Gasteiger charge is -1.92. The molecule has 0 bridgehead atoms. The van der Waals surface area contributed by atoms with Crippen molar-refractivity contribution >= 4 is 29.4 Å². The number of rotatable bonds is 1. The zero-order valence-electron chi connectivity index (χ0n) is 7.31. The maximum Gasteiger partial charge on any atom is 0.337 e. The summed E-state index contributed by atoms with van der Waals surface area (Å²) < 4.78 is 0. The summed E-state index contributed by atoms with van der Waals surface area (Å²) in [7, 11) is 0. The fourth-order valence-corrected chi connectivity index (χ4v) is 1.14. The Kier molecular flexibility index (Phi) is 2.71. The molecule has 0 aliphatic carbocycles. The van der Waals surface area contributed by atoms with Crippen molar-refractivity contribution in [2.24, 2.45) is 0 Å². The molecule has 0 aliphatic rings. The number of aromatic amines is 1. The van der Waals surface area contributed by atoms with E-state index in [2.05, 4.69) is 15.2 Å². The number of fused-ring (bicyclic) bond motifs is 1. The normalized spacial score (nSPS) is 9.79. The first-order chi connectivity index (χ1) is 6.18. The molecule has 2 rings (SSSR count). The van der Waals surface area contributed by atoms with Gasteiger partial charge in [-0.2, -0.15) is 5.10 Å². The predicted octanol–water partition coefficient (Wildman–Crippen LogP) is 1.39. The molecule has 0 aromatic carbocycles. The lowest BCUT2D eigenvalue weighted by molar-refractivity contribution is 0.0696. The number of hydrogen-bond donors (Lipinski definition) is 2. The highest BCUT2D eigenvalue weighted by Crippen LogP contribution is 2.13. The van der Waals surface area contributed by atoms with E-state index < -0.39 is 5.97 Å². The van der Waals surface area contributed by atoms with Crippen LogP contribution in [0, 0.1) is 6.92 Å². The number of carboxylic acids is 1. The molecule has 2 aromatic rings. The van der Waals surface area contributed by atoms with Gasteiger partial charge in [-0.25, -0.2) is 9.78 Å². The summed E-state index contributed by atoms with van der Waals surface area (Å²) in [5, 5.41) is 16.1. The number of nitrogens with zero attached hydrogens (tertiary/aromatic N) is 2. The first-order valence-corrected chi connectivity index (χ1v) is 3.72. The molecule has 5 nitrogen and oxygen atoms in total. The predicted molar refractivity (Wildman–Crippen MR) is 52.8 cm³/mol. The van der Waals surface area contributed by atoms with E-state index >= 15 is 0 Å². The van der Waals surface area contributed by atoms with Gasteiger partial charge in [0.25, 0.3) is 0 Å². The second kappa shape index (κ2) is 3.63. The quantitative estimate of drug-likeness (QED) is 0.750. The van der Waals surface area contributed by atoms with E-state index in [1.54, 1.807) is 6.07 Å². The van der Waals surface area contributed by atoms with Crippen molar-refractivity contribution in [2.75, 3.05) is 0 Å². The number of halogens is 1. The Balaban J connectivity index is 0.000000980. The third-order valence-electron chi connectivity index (χ3n) is 1.85. The van der Waals surface area contributed by atoms with Crippen LogP contribution >= 0.6 is 12.4 Å². The minimum atomic E-state index is -0.977. The van der Waals surface area contributed by atoms with Gasteiger partial charge in [0.05, 0.1) is 5.56 Å². The van der Waals surface area contributed by atoms with E-state index in [0.717, 1.165) is 11.1 Å². The van der Waals surface area contributed by atoms with Gasteiger partial charge in [0.2, 0.25) is 0 Å². The zero-order valence-corrected chi connectivity index (χ0v) is 8.13. The SMILES string of the molecule is Cc1[nH]nc2ncc(C(=O)O)cc12.Cl. The number of nitrogens with one attached hydrogen (secondary N) is 1. The number of aryl methyl sites for hydroxylation is 1.